The first-order chi connectivity index (χ1) is 19.6. The standard InChI is InChI=1S/C31H47N3O8/c1-30(2,3)33(28(39)40)23(16-21-12-8-6-9-13-21)25(36)18-32-19-26(37)24(17-22-14-10-7-11-15-22)34(29(41)42)31(4,5)27(38)20-35/h6-15,23-27,32,35-38H,16-20H2,1-5H3,(H,39,40)(H,41,42)/t23-,24-,25+,26+,27-/m0/s1. The van der Waals surface area contributed by atoms with Crippen molar-refractivity contribution in [2.24, 2.45) is 0 Å². The maximum absolute atomic E-state index is 12.5. The molecule has 0 heterocycles. The van der Waals surface area contributed by atoms with Crippen LogP contribution < -0.4 is 5.32 Å². The Kier molecular flexibility index (Phi) is 12.7. The Morgan fingerprint density at radius 3 is 1.43 bits per heavy atom. The second-order valence-corrected chi connectivity index (χ2v) is 12.1. The molecule has 0 aliphatic heterocycles. The number of hydrogen-bond donors (Lipinski definition) is 7. The van der Waals surface area contributed by atoms with E-state index in [-0.39, 0.29) is 25.9 Å². The van der Waals surface area contributed by atoms with Crippen LogP contribution in [0.5, 0.6) is 0 Å². The molecule has 0 aromatic heterocycles. The summed E-state index contributed by atoms with van der Waals surface area (Å²) in [4.78, 5) is 27.0. The van der Waals surface area contributed by atoms with E-state index in [1.807, 2.05) is 36.4 Å². The normalized spacial score (nSPS) is 15.7. The first-order valence-electron chi connectivity index (χ1n) is 14.1. The number of rotatable bonds is 15. The van der Waals surface area contributed by atoms with Crippen LogP contribution in [-0.4, -0.2) is 114 Å². The molecule has 0 radical (unpaired) electrons. The molecule has 2 amide bonds. The van der Waals surface area contributed by atoms with E-state index in [9.17, 15) is 40.2 Å². The van der Waals surface area contributed by atoms with Crippen LogP contribution in [0.15, 0.2) is 60.7 Å². The molecule has 0 aliphatic carbocycles. The van der Waals surface area contributed by atoms with E-state index < -0.39 is 60.3 Å². The molecule has 0 unspecified atom stereocenters. The summed E-state index contributed by atoms with van der Waals surface area (Å²) in [6.45, 7) is 7.31. The Balaban J connectivity index is 2.30. The molecule has 0 saturated heterocycles. The van der Waals surface area contributed by atoms with E-state index in [0.717, 1.165) is 16.0 Å². The van der Waals surface area contributed by atoms with Gasteiger partial charge in [0.25, 0.3) is 0 Å². The van der Waals surface area contributed by atoms with Crippen LogP contribution in [0.1, 0.15) is 45.7 Å². The molecule has 42 heavy (non-hydrogen) atoms. The third-order valence-corrected chi connectivity index (χ3v) is 7.58. The molecule has 0 saturated carbocycles. The van der Waals surface area contributed by atoms with Crippen molar-refractivity contribution in [1.82, 2.24) is 15.1 Å². The fourth-order valence-electron chi connectivity index (χ4n) is 5.29. The van der Waals surface area contributed by atoms with Gasteiger partial charge in [0.1, 0.15) is 0 Å². The van der Waals surface area contributed by atoms with Gasteiger partial charge in [-0.25, -0.2) is 9.59 Å². The minimum Gasteiger partial charge on any atom is -0.465 e. The van der Waals surface area contributed by atoms with Crippen LogP contribution in [0, 0.1) is 0 Å². The van der Waals surface area contributed by atoms with Gasteiger partial charge in [-0.1, -0.05) is 60.7 Å². The molecule has 2 aromatic carbocycles. The highest BCUT2D eigenvalue weighted by Crippen LogP contribution is 2.27. The van der Waals surface area contributed by atoms with Crippen LogP contribution >= 0.6 is 0 Å². The van der Waals surface area contributed by atoms with Gasteiger partial charge in [-0.3, -0.25) is 9.80 Å². The summed E-state index contributed by atoms with van der Waals surface area (Å²) in [7, 11) is 0. The zero-order valence-electron chi connectivity index (χ0n) is 25.1. The highest BCUT2D eigenvalue weighted by atomic mass is 16.4. The van der Waals surface area contributed by atoms with E-state index >= 15 is 0 Å². The van der Waals surface area contributed by atoms with Crippen molar-refractivity contribution in [3.8, 4) is 0 Å². The fourth-order valence-corrected chi connectivity index (χ4v) is 5.29. The summed E-state index contributed by atoms with van der Waals surface area (Å²) in [5.74, 6) is 0. The average Bonchev–Trinajstić information content (AvgIpc) is 2.91. The molecule has 2 aromatic rings. The number of benzene rings is 2. The predicted molar refractivity (Wildman–Crippen MR) is 159 cm³/mol. The molecule has 7 N–H and O–H groups in total. The van der Waals surface area contributed by atoms with Crippen LogP contribution in [0.2, 0.25) is 0 Å². The van der Waals surface area contributed by atoms with Gasteiger partial charge < -0.3 is 36.0 Å². The fraction of sp³-hybridized carbons (Fsp3) is 0.548. The first-order valence-corrected chi connectivity index (χ1v) is 14.1. The van der Waals surface area contributed by atoms with Crippen molar-refractivity contribution in [1.29, 1.82) is 0 Å². The highest BCUT2D eigenvalue weighted by molar-refractivity contribution is 5.67. The van der Waals surface area contributed by atoms with E-state index in [2.05, 4.69) is 5.32 Å². The number of carbonyl (C=O) groups is 2. The van der Waals surface area contributed by atoms with Crippen molar-refractivity contribution in [3.05, 3.63) is 71.8 Å². The largest absolute Gasteiger partial charge is 0.465 e. The molecule has 234 valence electrons. The Morgan fingerprint density at radius 2 is 1.10 bits per heavy atom. The van der Waals surface area contributed by atoms with Gasteiger partial charge in [0.15, 0.2) is 0 Å². The van der Waals surface area contributed by atoms with Gasteiger partial charge in [-0.15, -0.1) is 0 Å². The third kappa shape index (κ3) is 9.40. The second kappa shape index (κ2) is 15.3. The monoisotopic (exact) mass is 589 g/mol. The van der Waals surface area contributed by atoms with Crippen molar-refractivity contribution >= 4 is 12.2 Å². The van der Waals surface area contributed by atoms with Crippen molar-refractivity contribution in [2.75, 3.05) is 19.7 Å². The number of aliphatic hydroxyl groups is 4. The zero-order chi connectivity index (χ0) is 31.7. The molecule has 2 rings (SSSR count). The van der Waals surface area contributed by atoms with Gasteiger partial charge in [-0.2, -0.15) is 0 Å². The Labute approximate surface area is 248 Å². The maximum Gasteiger partial charge on any atom is 0.408 e. The second-order valence-electron chi connectivity index (χ2n) is 12.1. The minimum atomic E-state index is -1.45. The lowest BCUT2D eigenvalue weighted by Crippen LogP contribution is -2.64. The number of carboxylic acid groups (broad SMARTS) is 2. The molecular weight excluding hydrogens is 542 g/mol. The molecule has 5 atom stereocenters. The van der Waals surface area contributed by atoms with Crippen LogP contribution in [0.25, 0.3) is 0 Å². The summed E-state index contributed by atoms with van der Waals surface area (Å²) < 4.78 is 0. The minimum absolute atomic E-state index is 0.0811. The third-order valence-electron chi connectivity index (χ3n) is 7.58. The SMILES string of the molecule is CC(C)(C)N(C(=O)O)[C@@H](Cc1ccccc1)[C@H](O)CNC[C@@H](O)[C@H](Cc1ccccc1)N(C(=O)O)C(C)(C)[C@@H](O)CO. The molecule has 0 fully saturated rings. The van der Waals surface area contributed by atoms with Gasteiger partial charge in [-0.05, 0) is 58.6 Å². The molecule has 11 nitrogen and oxygen atoms in total. The van der Waals surface area contributed by atoms with Crippen LogP contribution in [0.3, 0.4) is 0 Å². The Bertz CT molecular complexity index is 1110. The maximum atomic E-state index is 12.5. The quantitative estimate of drug-likeness (QED) is 0.165. The number of nitrogens with zero attached hydrogens (tertiary/aromatic N) is 2. The number of amides is 2. The van der Waals surface area contributed by atoms with Crippen molar-refractivity contribution in [2.45, 2.75) is 88.9 Å². The number of hydrogen-bond acceptors (Lipinski definition) is 7. The first kappa shape index (κ1) is 35.0. The zero-order valence-corrected chi connectivity index (χ0v) is 25.1. The summed E-state index contributed by atoms with van der Waals surface area (Å²) in [6.07, 6.45) is -6.04. The summed E-state index contributed by atoms with van der Waals surface area (Å²) >= 11 is 0. The lowest BCUT2D eigenvalue weighted by Gasteiger charge is -2.45. The van der Waals surface area contributed by atoms with Crippen LogP contribution in [-0.2, 0) is 12.8 Å². The lowest BCUT2D eigenvalue weighted by molar-refractivity contribution is -0.0668. The highest BCUT2D eigenvalue weighted by Gasteiger charge is 2.44. The smallest absolute Gasteiger partial charge is 0.408 e. The van der Waals surface area contributed by atoms with Crippen LogP contribution in [0.4, 0.5) is 9.59 Å². The molecule has 0 bridgehead atoms. The average molecular weight is 590 g/mol. The van der Waals surface area contributed by atoms with E-state index in [4.69, 9.17) is 0 Å². The molecule has 0 aliphatic rings. The van der Waals surface area contributed by atoms with Crippen molar-refractivity contribution in [3.63, 3.8) is 0 Å². The van der Waals surface area contributed by atoms with Gasteiger partial charge >= 0.3 is 12.2 Å². The number of aliphatic hydroxyl groups excluding tert-OH is 4. The predicted octanol–water partition coefficient (Wildman–Crippen LogP) is 2.41. The summed E-state index contributed by atoms with van der Waals surface area (Å²) in [5, 5.41) is 65.8. The Morgan fingerprint density at radius 1 is 0.714 bits per heavy atom. The molecule has 11 heteroatoms. The van der Waals surface area contributed by atoms with E-state index in [1.54, 1.807) is 45.0 Å². The van der Waals surface area contributed by atoms with E-state index in [0.29, 0.717) is 0 Å². The Hall–Kier alpha value is -3.22. The van der Waals surface area contributed by atoms with Gasteiger partial charge in [0.05, 0.1) is 42.5 Å². The van der Waals surface area contributed by atoms with Crippen molar-refractivity contribution < 1.29 is 40.2 Å². The van der Waals surface area contributed by atoms with Gasteiger partial charge in [0.2, 0.25) is 0 Å². The molecule has 0 spiro atoms. The molecular formula is C31H47N3O8. The summed E-state index contributed by atoms with van der Waals surface area (Å²) in [6, 6.07) is 16.4. The lowest BCUT2D eigenvalue weighted by atomic mass is 9.89. The topological polar surface area (TPSA) is 174 Å². The number of nitrogens with one attached hydrogen (secondary N) is 1. The van der Waals surface area contributed by atoms with Gasteiger partial charge in [0, 0.05) is 18.6 Å². The summed E-state index contributed by atoms with van der Waals surface area (Å²) in [5.41, 5.74) is -0.655. The van der Waals surface area contributed by atoms with E-state index in [1.165, 1.54) is 18.7 Å².